The summed E-state index contributed by atoms with van der Waals surface area (Å²) in [6.07, 6.45) is 1.87. The van der Waals surface area contributed by atoms with E-state index in [0.29, 0.717) is 11.0 Å². The molecule has 3 nitrogen and oxygen atoms in total. The number of rotatable bonds is 4. The zero-order chi connectivity index (χ0) is 14.3. The lowest BCUT2D eigenvalue weighted by atomic mass is 10.0. The molecule has 1 aromatic rings. The minimum absolute atomic E-state index is 0.302. The van der Waals surface area contributed by atoms with Crippen LogP contribution < -0.4 is 4.90 Å². The molecule has 1 aliphatic heterocycles. The van der Waals surface area contributed by atoms with Crippen molar-refractivity contribution in [1.82, 2.24) is 4.98 Å². The van der Waals surface area contributed by atoms with Gasteiger partial charge in [-0.1, -0.05) is 32.1 Å². The van der Waals surface area contributed by atoms with E-state index < -0.39 is 8.32 Å². The van der Waals surface area contributed by atoms with Crippen LogP contribution in [0.4, 0.5) is 5.13 Å². The average molecular weight is 363 g/mol. The molecule has 0 radical (unpaired) electrons. The second kappa shape index (κ2) is 5.46. The van der Waals surface area contributed by atoms with Crippen LogP contribution in [0, 0.1) is 5.92 Å². The summed E-state index contributed by atoms with van der Waals surface area (Å²) in [5.74, 6) is 0.664. The van der Waals surface area contributed by atoms with Gasteiger partial charge in [-0.15, -0.1) is 0 Å². The van der Waals surface area contributed by atoms with Gasteiger partial charge in [0.1, 0.15) is 0 Å². The third-order valence-corrected chi connectivity index (χ3v) is 10.2. The second-order valence-corrected chi connectivity index (χ2v) is 14.0. The summed E-state index contributed by atoms with van der Waals surface area (Å²) < 4.78 is 7.37. The first-order chi connectivity index (χ1) is 8.69. The summed E-state index contributed by atoms with van der Waals surface area (Å²) in [7, 11) is -1.59. The van der Waals surface area contributed by atoms with Crippen LogP contribution in [0.3, 0.4) is 0 Å². The first kappa shape index (κ1) is 15.5. The van der Waals surface area contributed by atoms with E-state index in [-0.39, 0.29) is 0 Å². The van der Waals surface area contributed by atoms with Crippen LogP contribution in [0.1, 0.15) is 20.8 Å². The largest absolute Gasteiger partial charge is 0.416 e. The molecule has 0 aliphatic carbocycles. The molecule has 2 heterocycles. The van der Waals surface area contributed by atoms with Crippen molar-refractivity contribution in [2.45, 2.75) is 38.9 Å². The van der Waals surface area contributed by atoms with Crippen LogP contribution in [-0.4, -0.2) is 33.0 Å². The van der Waals surface area contributed by atoms with Gasteiger partial charge in [0.05, 0.1) is 9.98 Å². The molecular weight excluding hydrogens is 340 g/mol. The highest BCUT2D eigenvalue weighted by Crippen LogP contribution is 2.38. The Morgan fingerprint density at radius 3 is 2.58 bits per heavy atom. The van der Waals surface area contributed by atoms with Gasteiger partial charge in [-0.05, 0) is 34.1 Å². The highest BCUT2D eigenvalue weighted by Gasteiger charge is 2.39. The molecule has 2 rings (SSSR count). The molecule has 1 aliphatic rings. The van der Waals surface area contributed by atoms with Crippen molar-refractivity contribution in [3.63, 3.8) is 0 Å². The van der Waals surface area contributed by atoms with Crippen LogP contribution in [-0.2, 0) is 4.43 Å². The van der Waals surface area contributed by atoms with E-state index >= 15 is 0 Å². The molecule has 19 heavy (non-hydrogen) atoms. The topological polar surface area (TPSA) is 25.4 Å². The summed E-state index contributed by atoms with van der Waals surface area (Å²) in [5, 5.41) is 1.42. The fourth-order valence-corrected chi connectivity index (χ4v) is 4.05. The highest BCUT2D eigenvalue weighted by atomic mass is 79.9. The van der Waals surface area contributed by atoms with Crippen molar-refractivity contribution in [2.24, 2.45) is 5.92 Å². The standard InChI is InChI=1S/C13H23BrN2OSSi/c1-13(2,3)19(4,5)17-9-10-7-16(8-10)12-15-6-11(14)18-12/h6,10H,7-9H2,1-5H3. The van der Waals surface area contributed by atoms with Gasteiger partial charge in [0.25, 0.3) is 0 Å². The molecule has 6 heteroatoms. The minimum Gasteiger partial charge on any atom is -0.416 e. The van der Waals surface area contributed by atoms with Gasteiger partial charge in [-0.2, -0.15) is 0 Å². The number of aromatic nitrogens is 1. The molecule has 0 saturated carbocycles. The maximum absolute atomic E-state index is 6.27. The van der Waals surface area contributed by atoms with Gasteiger partial charge >= 0.3 is 0 Å². The van der Waals surface area contributed by atoms with E-state index in [0.717, 1.165) is 28.6 Å². The molecule has 0 N–H and O–H groups in total. The fourth-order valence-electron chi connectivity index (χ4n) is 1.77. The van der Waals surface area contributed by atoms with Crippen molar-refractivity contribution in [1.29, 1.82) is 0 Å². The summed E-state index contributed by atoms with van der Waals surface area (Å²) >= 11 is 5.16. The SMILES string of the molecule is CC(C)(C)[Si](C)(C)OCC1CN(c2ncc(Br)s2)C1. The van der Waals surface area contributed by atoms with E-state index in [1.165, 1.54) is 0 Å². The summed E-state index contributed by atoms with van der Waals surface area (Å²) in [6.45, 7) is 14.6. The van der Waals surface area contributed by atoms with E-state index in [1.807, 2.05) is 6.20 Å². The third-order valence-electron chi connectivity index (χ3n) is 4.18. The lowest BCUT2D eigenvalue weighted by molar-refractivity contribution is 0.203. The molecule has 1 saturated heterocycles. The smallest absolute Gasteiger partial charge is 0.191 e. The predicted molar refractivity (Wildman–Crippen MR) is 88.7 cm³/mol. The number of nitrogens with zero attached hydrogens (tertiary/aromatic N) is 2. The van der Waals surface area contributed by atoms with Crippen molar-refractivity contribution < 1.29 is 4.43 Å². The Labute approximate surface area is 129 Å². The van der Waals surface area contributed by atoms with E-state index in [9.17, 15) is 0 Å². The molecule has 108 valence electrons. The molecule has 0 bridgehead atoms. The number of thiazole rings is 1. The Kier molecular flexibility index (Phi) is 4.45. The molecule has 0 atom stereocenters. The number of hydrogen-bond donors (Lipinski definition) is 0. The third kappa shape index (κ3) is 3.59. The average Bonchev–Trinajstić information content (AvgIpc) is 2.60. The quantitative estimate of drug-likeness (QED) is 0.743. The Balaban J connectivity index is 1.77. The summed E-state index contributed by atoms with van der Waals surface area (Å²) in [5.41, 5.74) is 0. The van der Waals surface area contributed by atoms with Crippen LogP contribution >= 0.6 is 27.3 Å². The second-order valence-electron chi connectivity index (χ2n) is 6.79. The fraction of sp³-hybridized carbons (Fsp3) is 0.769. The van der Waals surface area contributed by atoms with Crippen LogP contribution in [0.25, 0.3) is 0 Å². The zero-order valence-electron chi connectivity index (χ0n) is 12.4. The van der Waals surface area contributed by atoms with Crippen molar-refractivity contribution in [2.75, 3.05) is 24.6 Å². The maximum atomic E-state index is 6.27. The molecular formula is C13H23BrN2OSSi. The lowest BCUT2D eigenvalue weighted by Gasteiger charge is -2.42. The lowest BCUT2D eigenvalue weighted by Crippen LogP contribution is -2.51. The van der Waals surface area contributed by atoms with Crippen molar-refractivity contribution in [3.8, 4) is 0 Å². The number of hydrogen-bond acceptors (Lipinski definition) is 4. The molecule has 0 unspecified atom stereocenters. The molecule has 1 aromatic heterocycles. The maximum Gasteiger partial charge on any atom is 0.191 e. The Morgan fingerprint density at radius 2 is 2.11 bits per heavy atom. The summed E-state index contributed by atoms with van der Waals surface area (Å²) in [6, 6.07) is 0. The van der Waals surface area contributed by atoms with Crippen LogP contribution in [0.15, 0.2) is 9.98 Å². The Bertz CT molecular complexity index is 438. The molecule has 0 aromatic carbocycles. The summed E-state index contributed by atoms with van der Waals surface area (Å²) in [4.78, 5) is 6.71. The molecule has 0 spiro atoms. The Hall–Kier alpha value is 0.0869. The first-order valence-corrected chi connectivity index (χ1v) is 11.2. The van der Waals surface area contributed by atoms with E-state index in [4.69, 9.17) is 4.43 Å². The van der Waals surface area contributed by atoms with Crippen molar-refractivity contribution in [3.05, 3.63) is 9.98 Å². The van der Waals surface area contributed by atoms with Gasteiger partial charge in [-0.25, -0.2) is 4.98 Å². The monoisotopic (exact) mass is 362 g/mol. The van der Waals surface area contributed by atoms with Gasteiger partial charge in [0.15, 0.2) is 13.4 Å². The van der Waals surface area contributed by atoms with Crippen LogP contribution in [0.2, 0.25) is 18.1 Å². The molecule has 1 fully saturated rings. The van der Waals surface area contributed by atoms with Gasteiger partial charge in [0.2, 0.25) is 0 Å². The highest BCUT2D eigenvalue weighted by molar-refractivity contribution is 9.11. The number of halogens is 1. The predicted octanol–water partition coefficient (Wildman–Crippen LogP) is 4.36. The van der Waals surface area contributed by atoms with Gasteiger partial charge < -0.3 is 9.33 Å². The Morgan fingerprint density at radius 1 is 1.47 bits per heavy atom. The van der Waals surface area contributed by atoms with Gasteiger partial charge in [0, 0.05) is 25.6 Å². The normalized spacial score (nSPS) is 17.7. The van der Waals surface area contributed by atoms with E-state index in [2.05, 4.69) is 59.7 Å². The van der Waals surface area contributed by atoms with Crippen LogP contribution in [0.5, 0.6) is 0 Å². The van der Waals surface area contributed by atoms with Crippen molar-refractivity contribution >= 4 is 40.7 Å². The number of anilines is 1. The zero-order valence-corrected chi connectivity index (χ0v) is 15.8. The minimum atomic E-state index is -1.59. The van der Waals surface area contributed by atoms with E-state index in [1.54, 1.807) is 11.3 Å². The molecule has 0 amide bonds. The first-order valence-electron chi connectivity index (χ1n) is 6.69. The van der Waals surface area contributed by atoms with Gasteiger partial charge in [-0.3, -0.25) is 0 Å².